The van der Waals surface area contributed by atoms with Gasteiger partial charge in [-0.05, 0) is 36.4 Å². The molecule has 0 spiro atoms. The average molecular weight is 282 g/mol. The normalized spacial score (nSPS) is 10.5. The van der Waals surface area contributed by atoms with Crippen LogP contribution in [0.25, 0.3) is 22.5 Å². The monoisotopic (exact) mass is 282 g/mol. The molecule has 0 saturated heterocycles. The van der Waals surface area contributed by atoms with Crippen molar-refractivity contribution in [2.75, 3.05) is 0 Å². The molecule has 0 atom stereocenters. The molecule has 6 heteroatoms. The van der Waals surface area contributed by atoms with Crippen LogP contribution in [0, 0.1) is 5.82 Å². The Bertz CT molecular complexity index is 782. The van der Waals surface area contributed by atoms with E-state index in [-0.39, 0.29) is 5.56 Å². The van der Waals surface area contributed by atoms with E-state index in [0.717, 1.165) is 11.3 Å². The van der Waals surface area contributed by atoms with Gasteiger partial charge in [0, 0.05) is 23.5 Å². The van der Waals surface area contributed by atoms with E-state index in [2.05, 4.69) is 15.2 Å². The number of nitrogens with two attached hydrogens (primary N) is 1. The molecule has 3 rings (SSSR count). The minimum Gasteiger partial charge on any atom is -0.366 e. The summed E-state index contributed by atoms with van der Waals surface area (Å²) in [6.07, 6.45) is 3.33. The summed E-state index contributed by atoms with van der Waals surface area (Å²) in [5, 5.41) is 6.72. The van der Waals surface area contributed by atoms with Crippen molar-refractivity contribution in [3.8, 4) is 22.5 Å². The van der Waals surface area contributed by atoms with E-state index in [0.29, 0.717) is 11.3 Å². The van der Waals surface area contributed by atoms with Gasteiger partial charge in [0.25, 0.3) is 5.91 Å². The SMILES string of the molecule is NC(=O)c1cc(-c2ccc(-c3ccn[nH]3)cn2)ccc1F. The molecule has 0 aliphatic rings. The number of carbonyl (C=O) groups excluding carboxylic acids is 1. The number of halogens is 1. The quantitative estimate of drug-likeness (QED) is 0.773. The Morgan fingerprint density at radius 1 is 1.14 bits per heavy atom. The highest BCUT2D eigenvalue weighted by molar-refractivity contribution is 5.94. The number of hydrogen-bond donors (Lipinski definition) is 2. The Labute approximate surface area is 119 Å². The van der Waals surface area contributed by atoms with Crippen molar-refractivity contribution in [1.82, 2.24) is 15.2 Å². The van der Waals surface area contributed by atoms with Gasteiger partial charge < -0.3 is 5.73 Å². The molecule has 21 heavy (non-hydrogen) atoms. The third kappa shape index (κ3) is 2.51. The van der Waals surface area contributed by atoms with Crippen LogP contribution in [0.2, 0.25) is 0 Å². The van der Waals surface area contributed by atoms with E-state index in [4.69, 9.17) is 5.73 Å². The van der Waals surface area contributed by atoms with Gasteiger partial charge in [-0.3, -0.25) is 14.9 Å². The van der Waals surface area contributed by atoms with Crippen molar-refractivity contribution in [3.05, 3.63) is 60.2 Å². The molecule has 3 N–H and O–H groups in total. The molecule has 0 aliphatic carbocycles. The van der Waals surface area contributed by atoms with E-state index >= 15 is 0 Å². The van der Waals surface area contributed by atoms with E-state index in [1.165, 1.54) is 12.1 Å². The summed E-state index contributed by atoms with van der Waals surface area (Å²) >= 11 is 0. The fraction of sp³-hybridized carbons (Fsp3) is 0. The maximum absolute atomic E-state index is 13.5. The molecular formula is C15H11FN4O. The molecule has 3 aromatic rings. The summed E-state index contributed by atoms with van der Waals surface area (Å²) in [7, 11) is 0. The largest absolute Gasteiger partial charge is 0.366 e. The number of primary amides is 1. The molecule has 2 aromatic heterocycles. The van der Waals surface area contributed by atoms with Gasteiger partial charge in [0.2, 0.25) is 0 Å². The van der Waals surface area contributed by atoms with Gasteiger partial charge in [-0.15, -0.1) is 0 Å². The zero-order valence-electron chi connectivity index (χ0n) is 10.9. The van der Waals surface area contributed by atoms with Crippen LogP contribution in [-0.4, -0.2) is 21.1 Å². The van der Waals surface area contributed by atoms with Crippen molar-refractivity contribution in [1.29, 1.82) is 0 Å². The Morgan fingerprint density at radius 2 is 1.95 bits per heavy atom. The topological polar surface area (TPSA) is 84.7 Å². The van der Waals surface area contributed by atoms with Gasteiger partial charge in [0.1, 0.15) is 5.82 Å². The van der Waals surface area contributed by atoms with Crippen molar-refractivity contribution < 1.29 is 9.18 Å². The Hall–Kier alpha value is -3.02. The Balaban J connectivity index is 1.98. The van der Waals surface area contributed by atoms with Crippen molar-refractivity contribution in [2.24, 2.45) is 5.73 Å². The number of amides is 1. The van der Waals surface area contributed by atoms with Gasteiger partial charge >= 0.3 is 0 Å². The number of pyridine rings is 1. The molecule has 0 fully saturated rings. The first-order valence-corrected chi connectivity index (χ1v) is 6.20. The van der Waals surface area contributed by atoms with E-state index in [1.54, 1.807) is 24.5 Å². The second-order valence-corrected chi connectivity index (χ2v) is 4.46. The summed E-state index contributed by atoms with van der Waals surface area (Å²) in [6.45, 7) is 0. The number of benzene rings is 1. The van der Waals surface area contributed by atoms with Crippen LogP contribution in [0.5, 0.6) is 0 Å². The molecule has 0 unspecified atom stereocenters. The minimum absolute atomic E-state index is 0.146. The zero-order valence-corrected chi connectivity index (χ0v) is 10.9. The Kier molecular flexibility index (Phi) is 3.19. The molecular weight excluding hydrogens is 271 g/mol. The van der Waals surface area contributed by atoms with Crippen LogP contribution in [0.15, 0.2) is 48.8 Å². The maximum atomic E-state index is 13.5. The predicted octanol–water partition coefficient (Wildman–Crippen LogP) is 2.38. The molecule has 104 valence electrons. The predicted molar refractivity (Wildman–Crippen MR) is 75.7 cm³/mol. The number of hydrogen-bond acceptors (Lipinski definition) is 3. The fourth-order valence-corrected chi connectivity index (χ4v) is 2.01. The summed E-state index contributed by atoms with van der Waals surface area (Å²) in [4.78, 5) is 15.5. The molecule has 2 heterocycles. The van der Waals surface area contributed by atoms with Crippen LogP contribution >= 0.6 is 0 Å². The highest BCUT2D eigenvalue weighted by atomic mass is 19.1. The van der Waals surface area contributed by atoms with E-state index in [1.807, 2.05) is 12.1 Å². The number of nitrogens with one attached hydrogen (secondary N) is 1. The van der Waals surface area contributed by atoms with Crippen LogP contribution in [-0.2, 0) is 0 Å². The maximum Gasteiger partial charge on any atom is 0.251 e. The molecule has 5 nitrogen and oxygen atoms in total. The zero-order chi connectivity index (χ0) is 14.8. The lowest BCUT2D eigenvalue weighted by Gasteiger charge is -2.05. The van der Waals surface area contributed by atoms with Crippen molar-refractivity contribution in [3.63, 3.8) is 0 Å². The average Bonchev–Trinajstić information content (AvgIpc) is 3.02. The van der Waals surface area contributed by atoms with Crippen LogP contribution in [0.4, 0.5) is 4.39 Å². The van der Waals surface area contributed by atoms with Crippen LogP contribution in [0.1, 0.15) is 10.4 Å². The first-order valence-electron chi connectivity index (χ1n) is 6.20. The third-order valence-corrected chi connectivity index (χ3v) is 3.10. The third-order valence-electron chi connectivity index (χ3n) is 3.10. The number of rotatable bonds is 3. The summed E-state index contributed by atoms with van der Waals surface area (Å²) in [5.41, 5.74) is 7.98. The molecule has 0 saturated carbocycles. The lowest BCUT2D eigenvalue weighted by Crippen LogP contribution is -2.13. The number of aromatic amines is 1. The van der Waals surface area contributed by atoms with Gasteiger partial charge in [0.15, 0.2) is 0 Å². The molecule has 1 amide bonds. The number of nitrogens with zero attached hydrogens (tertiary/aromatic N) is 2. The standard InChI is InChI=1S/C15H11FN4O/c16-12-3-1-9(7-11(12)15(17)21)13-4-2-10(8-18-13)14-5-6-19-20-14/h1-8H,(H2,17,21)(H,19,20). The van der Waals surface area contributed by atoms with Crippen LogP contribution in [0.3, 0.4) is 0 Å². The summed E-state index contributed by atoms with van der Waals surface area (Å²) in [6, 6.07) is 9.65. The highest BCUT2D eigenvalue weighted by Gasteiger charge is 2.10. The van der Waals surface area contributed by atoms with Gasteiger partial charge in [-0.1, -0.05) is 0 Å². The number of H-pyrrole nitrogens is 1. The molecule has 1 aromatic carbocycles. The lowest BCUT2D eigenvalue weighted by molar-refractivity contribution is 0.0996. The van der Waals surface area contributed by atoms with E-state index in [9.17, 15) is 9.18 Å². The second kappa shape index (κ2) is 5.16. The second-order valence-electron chi connectivity index (χ2n) is 4.46. The number of aromatic nitrogens is 3. The molecule has 0 radical (unpaired) electrons. The van der Waals surface area contributed by atoms with Gasteiger partial charge in [-0.25, -0.2) is 4.39 Å². The first kappa shape index (κ1) is 13.0. The van der Waals surface area contributed by atoms with Crippen LogP contribution < -0.4 is 5.73 Å². The smallest absolute Gasteiger partial charge is 0.251 e. The lowest BCUT2D eigenvalue weighted by atomic mass is 10.1. The van der Waals surface area contributed by atoms with Crippen molar-refractivity contribution >= 4 is 5.91 Å². The fourth-order valence-electron chi connectivity index (χ4n) is 2.01. The van der Waals surface area contributed by atoms with E-state index < -0.39 is 11.7 Å². The minimum atomic E-state index is -0.802. The van der Waals surface area contributed by atoms with Crippen molar-refractivity contribution in [2.45, 2.75) is 0 Å². The highest BCUT2D eigenvalue weighted by Crippen LogP contribution is 2.23. The first-order chi connectivity index (χ1) is 10.1. The summed E-state index contributed by atoms with van der Waals surface area (Å²) < 4.78 is 13.5. The Morgan fingerprint density at radius 3 is 2.57 bits per heavy atom. The van der Waals surface area contributed by atoms with Gasteiger partial charge in [-0.2, -0.15) is 5.10 Å². The summed E-state index contributed by atoms with van der Waals surface area (Å²) in [5.74, 6) is -1.44. The van der Waals surface area contributed by atoms with Gasteiger partial charge in [0.05, 0.1) is 17.0 Å². The number of carbonyl (C=O) groups is 1. The molecule has 0 aliphatic heterocycles. The molecule has 0 bridgehead atoms.